The number of carbonyl (C=O) groups excluding carboxylic acids is 3. The van der Waals surface area contributed by atoms with Crippen LogP contribution in [0.4, 0.5) is 0 Å². The van der Waals surface area contributed by atoms with E-state index in [1.165, 1.54) is 4.90 Å². The van der Waals surface area contributed by atoms with Gasteiger partial charge in [-0.2, -0.15) is 4.91 Å². The number of nitrogens with zero attached hydrogens (tertiary/aromatic N) is 3. The summed E-state index contributed by atoms with van der Waals surface area (Å²) < 4.78 is 0. The van der Waals surface area contributed by atoms with E-state index in [9.17, 15) is 19.3 Å². The Labute approximate surface area is 116 Å². The Morgan fingerprint density at radius 3 is 1.55 bits per heavy atom. The van der Waals surface area contributed by atoms with Gasteiger partial charge in [0.25, 0.3) is 0 Å². The first kappa shape index (κ1) is 17.9. The molecule has 6 N–H and O–H groups in total. The zero-order valence-corrected chi connectivity index (χ0v) is 11.2. The van der Waals surface area contributed by atoms with E-state index >= 15 is 0 Å². The molecule has 0 saturated carbocycles. The van der Waals surface area contributed by atoms with Crippen molar-refractivity contribution in [3.63, 3.8) is 0 Å². The van der Waals surface area contributed by atoms with Gasteiger partial charge in [-0.1, -0.05) is 5.18 Å². The summed E-state index contributed by atoms with van der Waals surface area (Å²) in [5, 5.41) is 2.70. The fraction of sp³-hybridized carbons (Fsp3) is 0.700. The average Bonchev–Trinajstić information content (AvgIpc) is 2.30. The quantitative estimate of drug-likeness (QED) is 0.320. The first-order chi connectivity index (χ1) is 9.35. The molecule has 20 heavy (non-hydrogen) atoms. The molecular weight excluding hydrogens is 268 g/mol. The monoisotopic (exact) mass is 288 g/mol. The molecule has 0 radical (unpaired) electrons. The van der Waals surface area contributed by atoms with Crippen molar-refractivity contribution in [2.24, 2.45) is 22.4 Å². The lowest BCUT2D eigenvalue weighted by atomic mass is 10.3. The fourth-order valence-corrected chi connectivity index (χ4v) is 1.61. The lowest BCUT2D eigenvalue weighted by Crippen LogP contribution is -2.45. The minimum Gasteiger partial charge on any atom is -0.369 e. The van der Waals surface area contributed by atoms with Gasteiger partial charge in [0, 0.05) is 19.6 Å². The van der Waals surface area contributed by atoms with Gasteiger partial charge in [0.05, 0.1) is 26.2 Å². The maximum absolute atomic E-state index is 10.9. The third-order valence-corrected chi connectivity index (χ3v) is 2.38. The molecule has 0 rings (SSSR count). The van der Waals surface area contributed by atoms with Gasteiger partial charge in [0.2, 0.25) is 17.7 Å². The van der Waals surface area contributed by atoms with E-state index in [0.29, 0.717) is 6.54 Å². The van der Waals surface area contributed by atoms with Crippen LogP contribution < -0.4 is 17.2 Å². The van der Waals surface area contributed by atoms with Crippen LogP contribution in [0.5, 0.6) is 0 Å². The van der Waals surface area contributed by atoms with Gasteiger partial charge in [0.1, 0.15) is 0 Å². The van der Waals surface area contributed by atoms with E-state index in [1.54, 1.807) is 4.90 Å². The summed E-state index contributed by atoms with van der Waals surface area (Å²) in [6.45, 7) is 0.568. The highest BCUT2D eigenvalue weighted by Crippen LogP contribution is 1.93. The molecule has 0 aromatic carbocycles. The van der Waals surface area contributed by atoms with Crippen LogP contribution in [0.1, 0.15) is 0 Å². The third kappa shape index (κ3) is 9.91. The highest BCUT2D eigenvalue weighted by atomic mass is 16.3. The zero-order chi connectivity index (χ0) is 15.5. The van der Waals surface area contributed by atoms with Gasteiger partial charge in [-0.25, -0.2) is 0 Å². The van der Waals surface area contributed by atoms with Crippen LogP contribution in [0.3, 0.4) is 0 Å². The van der Waals surface area contributed by atoms with Crippen molar-refractivity contribution in [3.8, 4) is 0 Å². The molecule has 10 nitrogen and oxygen atoms in total. The number of nitrogens with two attached hydrogens (primary N) is 3. The second-order valence-corrected chi connectivity index (χ2v) is 4.24. The van der Waals surface area contributed by atoms with E-state index in [2.05, 4.69) is 5.18 Å². The molecule has 0 spiro atoms. The average molecular weight is 288 g/mol. The predicted octanol–water partition coefficient (Wildman–Crippen LogP) is -3.19. The van der Waals surface area contributed by atoms with Gasteiger partial charge in [-0.15, -0.1) is 0 Å². The smallest absolute Gasteiger partial charge is 0.231 e. The maximum atomic E-state index is 10.9. The number of amides is 3. The Morgan fingerprint density at radius 1 is 0.750 bits per heavy atom. The molecule has 0 fully saturated rings. The molecule has 0 saturated heterocycles. The van der Waals surface area contributed by atoms with Gasteiger partial charge >= 0.3 is 0 Å². The Bertz CT molecular complexity index is 346. The summed E-state index contributed by atoms with van der Waals surface area (Å²) in [5.74, 6) is -1.74. The summed E-state index contributed by atoms with van der Waals surface area (Å²) >= 11 is 0. The highest BCUT2D eigenvalue weighted by Gasteiger charge is 2.14. The van der Waals surface area contributed by atoms with Crippen LogP contribution >= 0.6 is 0 Å². The Kier molecular flexibility index (Phi) is 8.79. The minimum atomic E-state index is -0.595. The largest absolute Gasteiger partial charge is 0.369 e. The molecule has 0 aliphatic carbocycles. The molecule has 114 valence electrons. The van der Waals surface area contributed by atoms with Gasteiger partial charge < -0.3 is 17.2 Å². The van der Waals surface area contributed by atoms with E-state index in [1.807, 2.05) is 0 Å². The van der Waals surface area contributed by atoms with Crippen molar-refractivity contribution in [3.05, 3.63) is 4.91 Å². The normalized spacial score (nSPS) is 10.7. The van der Waals surface area contributed by atoms with E-state index in [0.717, 1.165) is 0 Å². The third-order valence-electron chi connectivity index (χ3n) is 2.38. The lowest BCUT2D eigenvalue weighted by Gasteiger charge is -2.24. The van der Waals surface area contributed by atoms with Crippen LogP contribution in [0, 0.1) is 4.91 Å². The number of primary amides is 3. The van der Waals surface area contributed by atoms with Crippen LogP contribution in [0.25, 0.3) is 0 Å². The lowest BCUT2D eigenvalue weighted by molar-refractivity contribution is -0.123. The second kappa shape index (κ2) is 9.81. The molecule has 0 unspecified atom stereocenters. The fourth-order valence-electron chi connectivity index (χ4n) is 1.61. The van der Waals surface area contributed by atoms with Gasteiger partial charge in [-0.3, -0.25) is 24.2 Å². The summed E-state index contributed by atoms with van der Waals surface area (Å²) in [4.78, 5) is 45.8. The number of hydrogen-bond acceptors (Lipinski definition) is 7. The summed E-state index contributed by atoms with van der Waals surface area (Å²) in [6, 6.07) is 0. The number of hydrogen-bond donors (Lipinski definition) is 3. The molecule has 10 heteroatoms. The molecule has 0 aliphatic rings. The van der Waals surface area contributed by atoms with E-state index < -0.39 is 17.7 Å². The summed E-state index contributed by atoms with van der Waals surface area (Å²) in [7, 11) is 0. The van der Waals surface area contributed by atoms with Crippen molar-refractivity contribution >= 4 is 17.7 Å². The Balaban J connectivity index is 4.41. The molecule has 0 heterocycles. The molecule has 0 bridgehead atoms. The molecule has 0 atom stereocenters. The molecule has 0 aliphatic heterocycles. The maximum Gasteiger partial charge on any atom is 0.231 e. The molecular formula is C10H20N6O4. The van der Waals surface area contributed by atoms with Crippen LogP contribution in [-0.2, 0) is 14.4 Å². The minimum absolute atomic E-state index is 0.0128. The first-order valence-corrected chi connectivity index (χ1v) is 5.94. The van der Waals surface area contributed by atoms with Crippen molar-refractivity contribution in [1.82, 2.24) is 9.80 Å². The van der Waals surface area contributed by atoms with Gasteiger partial charge in [-0.05, 0) is 0 Å². The zero-order valence-electron chi connectivity index (χ0n) is 11.2. The topological polar surface area (TPSA) is 165 Å². The van der Waals surface area contributed by atoms with Crippen molar-refractivity contribution in [2.45, 2.75) is 0 Å². The predicted molar refractivity (Wildman–Crippen MR) is 71.1 cm³/mol. The Morgan fingerprint density at radius 2 is 1.15 bits per heavy atom. The Hall–Kier alpha value is -2.07. The number of nitroso groups, excluding NO2 is 1. The van der Waals surface area contributed by atoms with Crippen LogP contribution in [-0.4, -0.2) is 73.3 Å². The SMILES string of the molecule is NC(=O)CN(CCN=O)CCN(CC(N)=O)CC(N)=O. The number of rotatable bonds is 12. The van der Waals surface area contributed by atoms with Crippen molar-refractivity contribution in [1.29, 1.82) is 0 Å². The first-order valence-electron chi connectivity index (χ1n) is 5.94. The summed E-state index contributed by atoms with van der Waals surface area (Å²) in [5.41, 5.74) is 15.2. The van der Waals surface area contributed by atoms with Gasteiger partial charge in [0.15, 0.2) is 0 Å². The molecule has 0 aromatic rings. The highest BCUT2D eigenvalue weighted by molar-refractivity contribution is 5.79. The molecule has 3 amide bonds. The molecule has 0 aromatic heterocycles. The van der Waals surface area contributed by atoms with Crippen LogP contribution in [0.15, 0.2) is 5.18 Å². The van der Waals surface area contributed by atoms with Crippen molar-refractivity contribution < 1.29 is 14.4 Å². The second-order valence-electron chi connectivity index (χ2n) is 4.24. The summed E-state index contributed by atoms with van der Waals surface area (Å²) in [6.07, 6.45) is 0. The van der Waals surface area contributed by atoms with E-state index in [4.69, 9.17) is 17.2 Å². The van der Waals surface area contributed by atoms with E-state index in [-0.39, 0.29) is 39.3 Å². The standard InChI is InChI=1S/C10H20N6O4/c11-8(17)5-15(2-1-14-20)3-4-16(6-9(12)18)7-10(13)19/h1-7H2,(H2,11,17)(H2,12,18)(H2,13,19). The number of carbonyl (C=O) groups is 3. The van der Waals surface area contributed by atoms with Crippen LogP contribution in [0.2, 0.25) is 0 Å². The van der Waals surface area contributed by atoms with Crippen molar-refractivity contribution in [2.75, 3.05) is 45.8 Å².